The third kappa shape index (κ3) is 27.9. The van der Waals surface area contributed by atoms with E-state index in [0.29, 0.717) is 0 Å². The predicted molar refractivity (Wildman–Crippen MR) is 237 cm³/mol. The fourth-order valence-electron chi connectivity index (χ4n) is 8.61. The van der Waals surface area contributed by atoms with Crippen LogP contribution in [-0.2, 0) is 0 Å². The molecule has 0 radical (unpaired) electrons. The molecule has 51 heavy (non-hydrogen) atoms. The first-order valence-corrected chi connectivity index (χ1v) is 25.4. The molecule has 0 nitrogen and oxygen atoms in total. The molecule has 0 aromatic heterocycles. The Morgan fingerprint density at radius 1 is 0.255 bits per heavy atom. The molecule has 0 aromatic rings. The van der Waals surface area contributed by atoms with Gasteiger partial charge in [0.05, 0.1) is 0 Å². The lowest BCUT2D eigenvalue weighted by Gasteiger charge is -2.46. The van der Waals surface area contributed by atoms with Crippen molar-refractivity contribution >= 4 is 69.6 Å². The van der Waals surface area contributed by atoms with Crippen LogP contribution >= 0.6 is 69.6 Å². The maximum Gasteiger partial charge on any atom is 0.116 e. The van der Waals surface area contributed by atoms with Crippen molar-refractivity contribution in [3.63, 3.8) is 0 Å². The molecule has 7 aliphatic rings. The Hall–Kier alpha value is 1.74. The Bertz CT molecular complexity index is 504. The van der Waals surface area contributed by atoms with Gasteiger partial charge in [0.1, 0.15) is 14.5 Å². The van der Waals surface area contributed by atoms with Crippen molar-refractivity contribution in [2.24, 2.45) is 11.3 Å². The van der Waals surface area contributed by atoms with Gasteiger partial charge in [-0.05, 0) is 18.8 Å². The Morgan fingerprint density at radius 2 is 0.431 bits per heavy atom. The molecule has 7 aliphatic carbocycles. The molecule has 6 heteroatoms. The van der Waals surface area contributed by atoms with Crippen LogP contribution in [0.1, 0.15) is 257 Å². The molecule has 0 heterocycles. The Kier molecular flexibility index (Phi) is 37.1. The lowest BCUT2D eigenvalue weighted by Crippen LogP contribution is -2.47. The normalized spacial score (nSPS) is 24.8. The van der Waals surface area contributed by atoms with Crippen molar-refractivity contribution in [3.05, 3.63) is 0 Å². The first-order chi connectivity index (χ1) is 24.9. The smallest absolute Gasteiger partial charge is 0.105 e. The molecule has 0 spiro atoms. The molecule has 7 rings (SSSR count). The van der Waals surface area contributed by atoms with Gasteiger partial charge >= 0.3 is 0 Å². The predicted octanol–water partition coefficient (Wildman–Crippen LogP) is 19.6. The average molecular weight is 838 g/mol. The zero-order valence-corrected chi connectivity index (χ0v) is 37.9. The van der Waals surface area contributed by atoms with E-state index in [0.717, 1.165) is 25.7 Å². The second-order valence-electron chi connectivity index (χ2n) is 16.6. The van der Waals surface area contributed by atoms with Crippen molar-refractivity contribution in [1.82, 2.24) is 0 Å². The standard InChI is InChI=1S/C9H12Cl6.6C6H12/c10-6(11)5-3-1-2-4-9(5,7(12)13)8(14)15;6*1-2-4-6-5-3-1/h5-8H,1-4H2;6*1-6H2. The molecule has 0 saturated heterocycles. The second-order valence-corrected chi connectivity index (χ2v) is 20.0. The minimum Gasteiger partial charge on any atom is -0.105 e. The maximum absolute atomic E-state index is 6.03. The summed E-state index contributed by atoms with van der Waals surface area (Å²) in [5.41, 5.74) is -0.585. The van der Waals surface area contributed by atoms with Crippen molar-refractivity contribution in [2.75, 3.05) is 0 Å². The van der Waals surface area contributed by atoms with E-state index in [1.165, 1.54) is 231 Å². The molecule has 0 aliphatic heterocycles. The summed E-state index contributed by atoms with van der Waals surface area (Å²) in [7, 11) is 0. The molecule has 0 aromatic carbocycles. The average Bonchev–Trinajstić information content (AvgIpc) is 3.23. The van der Waals surface area contributed by atoms with E-state index in [1.54, 1.807) is 0 Å². The van der Waals surface area contributed by atoms with Gasteiger partial charge in [0, 0.05) is 5.41 Å². The van der Waals surface area contributed by atoms with Crippen molar-refractivity contribution in [3.8, 4) is 0 Å². The SMILES string of the molecule is C1CCCCC1.C1CCCCC1.C1CCCCC1.C1CCCCC1.C1CCCCC1.C1CCCCC1.ClC(Cl)C1CCCCC1(C(Cl)Cl)C(Cl)Cl. The van der Waals surface area contributed by atoms with Gasteiger partial charge in [-0.15, -0.1) is 69.6 Å². The highest BCUT2D eigenvalue weighted by Crippen LogP contribution is 2.55. The molecule has 0 amide bonds. The third-order valence-electron chi connectivity index (χ3n) is 12.2. The topological polar surface area (TPSA) is 0 Å². The highest BCUT2D eigenvalue weighted by molar-refractivity contribution is 6.50. The number of alkyl halides is 6. The quantitative estimate of drug-likeness (QED) is 0.249. The summed E-state index contributed by atoms with van der Waals surface area (Å²) in [5, 5.41) is 0. The monoisotopic (exact) mass is 834 g/mol. The van der Waals surface area contributed by atoms with Crippen LogP contribution in [0.25, 0.3) is 0 Å². The highest BCUT2D eigenvalue weighted by Gasteiger charge is 2.52. The molecular weight excluding hydrogens is 753 g/mol. The second kappa shape index (κ2) is 37.3. The Morgan fingerprint density at radius 3 is 0.549 bits per heavy atom. The minimum atomic E-state index is -0.650. The van der Waals surface area contributed by atoms with E-state index in [2.05, 4.69) is 0 Å². The van der Waals surface area contributed by atoms with Crippen molar-refractivity contribution in [2.45, 2.75) is 271 Å². The number of hydrogen-bond donors (Lipinski definition) is 0. The summed E-state index contributed by atoms with van der Waals surface area (Å²) in [6, 6.07) is 0. The van der Waals surface area contributed by atoms with Crippen LogP contribution in [0, 0.1) is 11.3 Å². The molecule has 7 saturated carbocycles. The maximum atomic E-state index is 6.03. The summed E-state index contributed by atoms with van der Waals surface area (Å²) in [5.74, 6) is -0.0467. The van der Waals surface area contributed by atoms with E-state index in [1.807, 2.05) is 0 Å². The van der Waals surface area contributed by atoms with Gasteiger partial charge in [-0.25, -0.2) is 0 Å². The fourth-order valence-corrected chi connectivity index (χ4v) is 11.2. The van der Waals surface area contributed by atoms with Crippen LogP contribution in [0.2, 0.25) is 0 Å². The molecule has 1 unspecified atom stereocenters. The molecule has 306 valence electrons. The van der Waals surface area contributed by atoms with E-state index < -0.39 is 19.9 Å². The van der Waals surface area contributed by atoms with E-state index in [4.69, 9.17) is 69.6 Å². The number of hydrogen-bond acceptors (Lipinski definition) is 0. The van der Waals surface area contributed by atoms with Crippen LogP contribution in [-0.4, -0.2) is 14.5 Å². The lowest BCUT2D eigenvalue weighted by molar-refractivity contribution is 0.134. The summed E-state index contributed by atoms with van der Waals surface area (Å²) < 4.78 is 0. The largest absolute Gasteiger partial charge is 0.116 e. The summed E-state index contributed by atoms with van der Waals surface area (Å²) in [4.78, 5) is -1.84. The molecule has 7 fully saturated rings. The summed E-state index contributed by atoms with van der Waals surface area (Å²) in [6.45, 7) is 0. The highest BCUT2D eigenvalue weighted by atomic mass is 35.5. The Balaban J connectivity index is 0.000000310. The Labute approximate surface area is 350 Å². The molecule has 1 atom stereocenters. The van der Waals surface area contributed by atoms with Crippen LogP contribution in [0.15, 0.2) is 0 Å². The first kappa shape index (κ1) is 50.8. The zero-order chi connectivity index (χ0) is 37.1. The van der Waals surface area contributed by atoms with Gasteiger partial charge < -0.3 is 0 Å². The van der Waals surface area contributed by atoms with Gasteiger partial charge in [-0.1, -0.05) is 244 Å². The van der Waals surface area contributed by atoms with Gasteiger partial charge in [-0.2, -0.15) is 0 Å². The van der Waals surface area contributed by atoms with Gasteiger partial charge in [0.15, 0.2) is 0 Å². The van der Waals surface area contributed by atoms with Gasteiger partial charge in [-0.3, -0.25) is 0 Å². The third-order valence-corrected chi connectivity index (χ3v) is 14.4. The lowest BCUT2D eigenvalue weighted by atomic mass is 9.69. The van der Waals surface area contributed by atoms with Crippen LogP contribution in [0.5, 0.6) is 0 Å². The number of rotatable bonds is 3. The zero-order valence-electron chi connectivity index (χ0n) is 33.4. The molecular formula is C45H84Cl6. The number of halogens is 6. The fraction of sp³-hybridized carbons (Fsp3) is 1.00. The summed E-state index contributed by atoms with van der Waals surface area (Å²) in [6.07, 6.45) is 57.7. The summed E-state index contributed by atoms with van der Waals surface area (Å²) >= 11 is 36.0. The van der Waals surface area contributed by atoms with E-state index in [-0.39, 0.29) is 5.92 Å². The van der Waals surface area contributed by atoms with Crippen LogP contribution in [0.4, 0.5) is 0 Å². The first-order valence-electron chi connectivity index (χ1n) is 22.8. The van der Waals surface area contributed by atoms with E-state index in [9.17, 15) is 0 Å². The van der Waals surface area contributed by atoms with Crippen molar-refractivity contribution in [1.29, 1.82) is 0 Å². The van der Waals surface area contributed by atoms with Crippen molar-refractivity contribution < 1.29 is 0 Å². The van der Waals surface area contributed by atoms with Crippen LogP contribution < -0.4 is 0 Å². The minimum absolute atomic E-state index is 0.0467. The molecule has 0 N–H and O–H groups in total. The molecule has 0 bridgehead atoms. The van der Waals surface area contributed by atoms with E-state index >= 15 is 0 Å². The van der Waals surface area contributed by atoms with Crippen LogP contribution in [0.3, 0.4) is 0 Å². The van der Waals surface area contributed by atoms with Gasteiger partial charge in [0.2, 0.25) is 0 Å². The van der Waals surface area contributed by atoms with Gasteiger partial charge in [0.25, 0.3) is 0 Å².